The monoisotopic (exact) mass is 236 g/mol. The van der Waals surface area contributed by atoms with Crippen LogP contribution in [-0.4, -0.2) is 10.4 Å². The topological polar surface area (TPSA) is 0 Å². The van der Waals surface area contributed by atoms with Gasteiger partial charge in [0.1, 0.15) is 0 Å². The molecule has 1 aliphatic heterocycles. The Morgan fingerprint density at radius 3 is 1.69 bits per heavy atom. The molecule has 4 unspecified atom stereocenters. The molecule has 4 atom stereocenters. The molecule has 0 aliphatic carbocycles. The fraction of sp³-hybridized carbons (Fsp3) is 1.00. The maximum atomic E-state index is 2.39. The highest BCUT2D eigenvalue weighted by Gasteiger charge is 2.38. The van der Waals surface area contributed by atoms with E-state index < -0.39 is 0 Å². The number of hydrogen-bond acceptors (Lipinski definition) is 1. The summed E-state index contributed by atoms with van der Waals surface area (Å²) in [6.45, 7) is 14.3. The van der Waals surface area contributed by atoms with Gasteiger partial charge in [-0.3, -0.25) is 0 Å². The van der Waals surface area contributed by atoms with E-state index in [1.165, 1.54) is 8.58 Å². The Labute approximate surface area is 90.7 Å². The second-order valence-corrected chi connectivity index (χ2v) is 11.4. The van der Waals surface area contributed by atoms with Gasteiger partial charge in [-0.2, -0.15) is 0 Å². The van der Waals surface area contributed by atoms with Gasteiger partial charge in [0.25, 0.3) is 0 Å². The van der Waals surface area contributed by atoms with Crippen LogP contribution in [0.2, 0.25) is 0 Å². The third kappa shape index (κ3) is 3.37. The molecule has 0 aromatic rings. The fourth-order valence-electron chi connectivity index (χ4n) is 1.21. The molecule has 3 heteroatoms. The lowest BCUT2D eigenvalue weighted by atomic mass is 9.99. The zero-order valence-corrected chi connectivity index (χ0v) is 12.4. The van der Waals surface area contributed by atoms with Crippen LogP contribution in [0.4, 0.5) is 0 Å². The van der Waals surface area contributed by atoms with Crippen molar-refractivity contribution in [1.29, 1.82) is 0 Å². The standard InChI is InChI=1S/C10H22P2S/c1-9(2,3)7-11-8(13-12-7)10(4,5)6/h7-8,11-12H,1-6H3. The molecule has 0 N–H and O–H groups in total. The third-order valence-corrected chi connectivity index (χ3v) is 11.7. The molecule has 1 saturated heterocycles. The van der Waals surface area contributed by atoms with Crippen molar-refractivity contribution in [2.24, 2.45) is 10.8 Å². The largest absolute Gasteiger partial charge is 0.129 e. The Morgan fingerprint density at radius 2 is 1.46 bits per heavy atom. The van der Waals surface area contributed by atoms with Crippen molar-refractivity contribution in [3.63, 3.8) is 0 Å². The first-order valence-corrected chi connectivity index (χ1v) is 8.72. The zero-order chi connectivity index (χ0) is 10.3. The average molecular weight is 236 g/mol. The molecule has 13 heavy (non-hydrogen) atoms. The molecule has 0 radical (unpaired) electrons. The van der Waals surface area contributed by atoms with Gasteiger partial charge in [-0.15, -0.1) is 11.4 Å². The lowest BCUT2D eigenvalue weighted by molar-refractivity contribution is 0.442. The molecule has 1 rings (SSSR count). The van der Waals surface area contributed by atoms with Crippen LogP contribution in [0.3, 0.4) is 0 Å². The number of hydrogen-bond donors (Lipinski definition) is 0. The molecule has 0 amide bonds. The molecule has 1 aliphatic rings. The summed E-state index contributed by atoms with van der Waals surface area (Å²) in [6, 6.07) is 0. The minimum atomic E-state index is 0.510. The van der Waals surface area contributed by atoms with Crippen LogP contribution in [0.15, 0.2) is 0 Å². The second kappa shape index (κ2) is 3.99. The second-order valence-electron chi connectivity index (χ2n) is 5.95. The van der Waals surface area contributed by atoms with Crippen molar-refractivity contribution >= 4 is 27.7 Å². The fourth-order valence-corrected chi connectivity index (χ4v) is 10.7. The lowest BCUT2D eigenvalue weighted by Gasteiger charge is -2.29. The van der Waals surface area contributed by atoms with E-state index in [-0.39, 0.29) is 0 Å². The Kier molecular flexibility index (Phi) is 3.77. The molecule has 0 bridgehead atoms. The van der Waals surface area contributed by atoms with Crippen LogP contribution >= 0.6 is 27.7 Å². The predicted octanol–water partition coefficient (Wildman–Crippen LogP) is 4.75. The van der Waals surface area contributed by atoms with E-state index in [9.17, 15) is 0 Å². The highest BCUT2D eigenvalue weighted by atomic mass is 32.7. The average Bonchev–Trinajstić information content (AvgIpc) is 2.28. The van der Waals surface area contributed by atoms with Crippen LogP contribution < -0.4 is 0 Å². The molecule has 0 saturated carbocycles. The van der Waals surface area contributed by atoms with E-state index in [0.29, 0.717) is 10.8 Å². The lowest BCUT2D eigenvalue weighted by Crippen LogP contribution is -2.20. The summed E-state index contributed by atoms with van der Waals surface area (Å²) in [6.07, 6.45) is 0. The molecule has 78 valence electrons. The normalized spacial score (nSPS) is 34.6. The first kappa shape index (κ1) is 12.3. The van der Waals surface area contributed by atoms with Gasteiger partial charge in [-0.25, -0.2) is 0 Å². The first-order chi connectivity index (χ1) is 5.71. The third-order valence-electron chi connectivity index (χ3n) is 2.27. The van der Waals surface area contributed by atoms with E-state index >= 15 is 0 Å². The molecule has 0 aromatic heterocycles. The van der Waals surface area contributed by atoms with Gasteiger partial charge in [-0.1, -0.05) is 57.9 Å². The van der Waals surface area contributed by atoms with Gasteiger partial charge < -0.3 is 0 Å². The van der Waals surface area contributed by atoms with Crippen molar-refractivity contribution in [2.75, 3.05) is 0 Å². The van der Waals surface area contributed by atoms with E-state index in [1.807, 2.05) is 0 Å². The Bertz CT molecular complexity index is 158. The van der Waals surface area contributed by atoms with E-state index in [1.54, 1.807) is 0 Å². The van der Waals surface area contributed by atoms with Crippen molar-refractivity contribution < 1.29 is 0 Å². The minimum absolute atomic E-state index is 0.510. The number of rotatable bonds is 0. The summed E-state index contributed by atoms with van der Waals surface area (Å²) < 4.78 is 0. The maximum Gasteiger partial charge on any atom is 0.0312 e. The van der Waals surface area contributed by atoms with Crippen LogP contribution in [0.25, 0.3) is 0 Å². The van der Waals surface area contributed by atoms with Crippen LogP contribution in [0, 0.1) is 10.8 Å². The molecule has 0 nitrogen and oxygen atoms in total. The summed E-state index contributed by atoms with van der Waals surface area (Å²) in [5.74, 6) is 0. The minimum Gasteiger partial charge on any atom is -0.129 e. The van der Waals surface area contributed by atoms with Gasteiger partial charge in [0.05, 0.1) is 0 Å². The highest BCUT2D eigenvalue weighted by Crippen LogP contribution is 2.68. The molecular weight excluding hydrogens is 214 g/mol. The smallest absolute Gasteiger partial charge is 0.0312 e. The van der Waals surface area contributed by atoms with E-state index in [4.69, 9.17) is 0 Å². The van der Waals surface area contributed by atoms with Crippen molar-refractivity contribution in [3.8, 4) is 0 Å². The van der Waals surface area contributed by atoms with Gasteiger partial charge in [0, 0.05) is 10.4 Å². The predicted molar refractivity (Wildman–Crippen MR) is 70.7 cm³/mol. The molecule has 0 spiro atoms. The Balaban J connectivity index is 2.55. The summed E-state index contributed by atoms with van der Waals surface area (Å²) in [7, 11) is 2.30. The molecule has 0 aromatic carbocycles. The highest BCUT2D eigenvalue weighted by molar-refractivity contribution is 8.54. The van der Waals surface area contributed by atoms with E-state index in [2.05, 4.69) is 52.9 Å². The van der Waals surface area contributed by atoms with Gasteiger partial charge in [0.2, 0.25) is 0 Å². The maximum absolute atomic E-state index is 2.39. The van der Waals surface area contributed by atoms with Crippen molar-refractivity contribution in [2.45, 2.75) is 51.9 Å². The first-order valence-electron chi connectivity index (χ1n) is 4.88. The summed E-state index contributed by atoms with van der Waals surface area (Å²) in [5.41, 5.74) is 1.04. The molecule has 1 heterocycles. The van der Waals surface area contributed by atoms with Crippen LogP contribution in [-0.2, 0) is 0 Å². The van der Waals surface area contributed by atoms with Gasteiger partial charge in [-0.05, 0) is 10.8 Å². The van der Waals surface area contributed by atoms with Crippen molar-refractivity contribution in [1.82, 2.24) is 0 Å². The Morgan fingerprint density at radius 1 is 0.923 bits per heavy atom. The van der Waals surface area contributed by atoms with Crippen molar-refractivity contribution in [3.05, 3.63) is 0 Å². The molecular formula is C10H22P2S. The van der Waals surface area contributed by atoms with Gasteiger partial charge in [0.15, 0.2) is 0 Å². The van der Waals surface area contributed by atoms with E-state index in [0.717, 1.165) is 18.2 Å². The summed E-state index contributed by atoms with van der Waals surface area (Å²) >= 11 is 2.22. The summed E-state index contributed by atoms with van der Waals surface area (Å²) in [4.78, 5) is 0.912. The Hall–Kier alpha value is 1.21. The quantitative estimate of drug-likeness (QED) is 0.547. The molecule has 1 fully saturated rings. The van der Waals surface area contributed by atoms with Gasteiger partial charge >= 0.3 is 0 Å². The van der Waals surface area contributed by atoms with Crippen LogP contribution in [0.1, 0.15) is 41.5 Å². The summed E-state index contributed by atoms with van der Waals surface area (Å²) in [5, 5.41) is 0.974. The van der Waals surface area contributed by atoms with Crippen LogP contribution in [0.5, 0.6) is 0 Å². The zero-order valence-electron chi connectivity index (χ0n) is 9.56. The SMILES string of the molecule is CC(C)(C)C1PSC(C(C)(C)C)P1.